The van der Waals surface area contributed by atoms with Crippen LogP contribution in [-0.2, 0) is 6.42 Å². The maximum absolute atomic E-state index is 12.7. The van der Waals surface area contributed by atoms with Gasteiger partial charge in [0, 0.05) is 24.6 Å². The molecule has 1 amide bonds. The monoisotopic (exact) mass is 380 g/mol. The Balaban J connectivity index is 1.23. The highest BCUT2D eigenvalue weighted by Crippen LogP contribution is 2.31. The number of piperidine rings is 2. The van der Waals surface area contributed by atoms with E-state index in [1.54, 1.807) is 0 Å². The first-order valence-corrected chi connectivity index (χ1v) is 10.6. The molecule has 6 heteroatoms. The zero-order valence-electron chi connectivity index (χ0n) is 16.2. The Morgan fingerprint density at radius 1 is 1.21 bits per heavy atom. The van der Waals surface area contributed by atoms with Crippen LogP contribution in [0.15, 0.2) is 24.3 Å². The van der Waals surface area contributed by atoms with Gasteiger partial charge in [0.15, 0.2) is 0 Å². The van der Waals surface area contributed by atoms with Crippen LogP contribution in [-0.4, -0.2) is 53.3 Å². The van der Waals surface area contributed by atoms with Gasteiger partial charge in [-0.1, -0.05) is 6.42 Å². The van der Waals surface area contributed by atoms with Gasteiger partial charge in [0.05, 0.1) is 12.3 Å². The van der Waals surface area contributed by atoms with E-state index in [1.165, 1.54) is 50.8 Å². The molecule has 148 valence electrons. The van der Waals surface area contributed by atoms with Crippen molar-refractivity contribution in [3.8, 4) is 17.0 Å². The largest absolute Gasteiger partial charge is 0.493 e. The third-order valence-corrected chi connectivity index (χ3v) is 6.56. The molecule has 1 aromatic heterocycles. The molecule has 0 spiro atoms. The van der Waals surface area contributed by atoms with Gasteiger partial charge >= 0.3 is 0 Å². The Labute approximate surface area is 165 Å². The number of fused-ring (bicyclic) bond motifs is 2. The first-order chi connectivity index (χ1) is 13.8. The van der Waals surface area contributed by atoms with Gasteiger partial charge in [0.25, 0.3) is 5.91 Å². The smallest absolute Gasteiger partial charge is 0.269 e. The van der Waals surface area contributed by atoms with E-state index in [4.69, 9.17) is 4.74 Å². The van der Waals surface area contributed by atoms with Gasteiger partial charge in [0.1, 0.15) is 11.4 Å². The highest BCUT2D eigenvalue weighted by molar-refractivity contribution is 5.93. The highest BCUT2D eigenvalue weighted by Gasteiger charge is 2.33. The Hall–Kier alpha value is -2.34. The number of aromatic nitrogens is 2. The number of rotatable bonds is 4. The Bertz CT molecular complexity index is 860. The zero-order valence-corrected chi connectivity index (χ0v) is 16.2. The fourth-order valence-electron chi connectivity index (χ4n) is 5.07. The molecule has 2 aromatic rings. The van der Waals surface area contributed by atoms with Crippen molar-refractivity contribution in [1.29, 1.82) is 0 Å². The fourth-order valence-corrected chi connectivity index (χ4v) is 5.07. The molecule has 4 heterocycles. The van der Waals surface area contributed by atoms with Crippen LogP contribution in [0.25, 0.3) is 11.3 Å². The molecule has 3 aliphatic heterocycles. The number of amides is 1. The van der Waals surface area contributed by atoms with Crippen LogP contribution >= 0.6 is 0 Å². The summed E-state index contributed by atoms with van der Waals surface area (Å²) in [6.07, 6.45) is 7.31. The van der Waals surface area contributed by atoms with Crippen LogP contribution in [0.1, 0.15) is 48.2 Å². The Morgan fingerprint density at radius 2 is 2.14 bits per heavy atom. The van der Waals surface area contributed by atoms with Crippen LogP contribution in [0.2, 0.25) is 0 Å². The lowest BCUT2D eigenvalue weighted by Gasteiger charge is -2.44. The van der Waals surface area contributed by atoms with Gasteiger partial charge < -0.3 is 15.0 Å². The lowest BCUT2D eigenvalue weighted by Crippen LogP contribution is -2.51. The van der Waals surface area contributed by atoms with E-state index in [-0.39, 0.29) is 5.91 Å². The predicted octanol–water partition coefficient (Wildman–Crippen LogP) is 3.01. The number of hydrogen-bond donors (Lipinski definition) is 2. The molecule has 2 unspecified atom stereocenters. The van der Waals surface area contributed by atoms with E-state index < -0.39 is 0 Å². The minimum atomic E-state index is -0.0591. The third kappa shape index (κ3) is 3.41. The zero-order chi connectivity index (χ0) is 18.9. The maximum atomic E-state index is 12.7. The van der Waals surface area contributed by atoms with Crippen LogP contribution in [0.4, 0.5) is 0 Å². The van der Waals surface area contributed by atoms with Crippen LogP contribution < -0.4 is 10.1 Å². The molecular weight excluding hydrogens is 352 g/mol. The average molecular weight is 380 g/mol. The van der Waals surface area contributed by atoms with Crippen LogP contribution in [0.5, 0.6) is 5.75 Å². The summed E-state index contributed by atoms with van der Waals surface area (Å²) in [5.41, 5.74) is 3.56. The maximum Gasteiger partial charge on any atom is 0.269 e. The summed E-state index contributed by atoms with van der Waals surface area (Å²) in [6, 6.07) is 8.60. The second-order valence-electron chi connectivity index (χ2n) is 8.30. The van der Waals surface area contributed by atoms with Crippen LogP contribution in [0.3, 0.4) is 0 Å². The predicted molar refractivity (Wildman–Crippen MR) is 107 cm³/mol. The molecule has 2 atom stereocenters. The van der Waals surface area contributed by atoms with Crippen molar-refractivity contribution in [2.45, 2.75) is 44.6 Å². The number of H-pyrrole nitrogens is 1. The lowest BCUT2D eigenvalue weighted by atomic mass is 9.83. The lowest BCUT2D eigenvalue weighted by molar-refractivity contribution is 0.0575. The molecule has 28 heavy (non-hydrogen) atoms. The van der Waals surface area contributed by atoms with Gasteiger partial charge in [-0.25, -0.2) is 0 Å². The topological polar surface area (TPSA) is 70.2 Å². The Kier molecular flexibility index (Phi) is 4.81. The first kappa shape index (κ1) is 17.7. The van der Waals surface area contributed by atoms with Gasteiger partial charge in [0.2, 0.25) is 0 Å². The summed E-state index contributed by atoms with van der Waals surface area (Å²) >= 11 is 0. The normalized spacial score (nSPS) is 24.3. The summed E-state index contributed by atoms with van der Waals surface area (Å²) in [7, 11) is 0. The van der Waals surface area contributed by atoms with Crippen molar-refractivity contribution in [1.82, 2.24) is 20.4 Å². The summed E-state index contributed by atoms with van der Waals surface area (Å²) in [4.78, 5) is 15.3. The molecule has 5 rings (SSSR count). The van der Waals surface area contributed by atoms with Crippen molar-refractivity contribution < 1.29 is 9.53 Å². The fraction of sp³-hybridized carbons (Fsp3) is 0.545. The number of aromatic amines is 1. The SMILES string of the molecule is O=C(NCC1CCCN2CCCCC12)c1cc(-c2ccc3c(c2)CCO3)n[nH]1. The number of hydrogen-bond acceptors (Lipinski definition) is 4. The highest BCUT2D eigenvalue weighted by atomic mass is 16.5. The average Bonchev–Trinajstić information content (AvgIpc) is 3.41. The van der Waals surface area contributed by atoms with E-state index in [0.717, 1.165) is 36.6 Å². The minimum absolute atomic E-state index is 0.0591. The second kappa shape index (κ2) is 7.59. The molecule has 2 N–H and O–H groups in total. The van der Waals surface area contributed by atoms with Crippen molar-refractivity contribution >= 4 is 5.91 Å². The van der Waals surface area contributed by atoms with Crippen molar-refractivity contribution in [3.63, 3.8) is 0 Å². The van der Waals surface area contributed by atoms with E-state index in [1.807, 2.05) is 18.2 Å². The molecule has 0 radical (unpaired) electrons. The van der Waals surface area contributed by atoms with E-state index in [0.29, 0.717) is 17.7 Å². The molecule has 0 aliphatic carbocycles. The quantitative estimate of drug-likeness (QED) is 0.855. The summed E-state index contributed by atoms with van der Waals surface area (Å²) in [6.45, 7) is 3.95. The summed E-state index contributed by atoms with van der Waals surface area (Å²) < 4.78 is 5.56. The summed E-state index contributed by atoms with van der Waals surface area (Å²) in [5, 5.41) is 10.4. The van der Waals surface area contributed by atoms with E-state index >= 15 is 0 Å². The molecule has 2 fully saturated rings. The van der Waals surface area contributed by atoms with Crippen molar-refractivity contribution in [2.75, 3.05) is 26.2 Å². The number of nitrogens with one attached hydrogen (secondary N) is 2. The molecular formula is C22H28N4O2. The standard InChI is InChI=1S/C22H28N4O2/c27-22(23-14-17-4-3-10-26-9-2-1-5-20(17)26)19-13-18(24-25-19)15-6-7-21-16(12-15)8-11-28-21/h6-7,12-13,17,20H,1-5,8-11,14H2,(H,23,27)(H,24,25). The van der Waals surface area contributed by atoms with E-state index in [2.05, 4.69) is 26.5 Å². The second-order valence-corrected chi connectivity index (χ2v) is 8.30. The number of carbonyl (C=O) groups is 1. The molecule has 2 saturated heterocycles. The van der Waals surface area contributed by atoms with Gasteiger partial charge in [-0.15, -0.1) is 0 Å². The Morgan fingerprint density at radius 3 is 3.11 bits per heavy atom. The van der Waals surface area contributed by atoms with Gasteiger partial charge in [-0.05, 0) is 74.5 Å². The molecule has 3 aliphatic rings. The molecule has 0 bridgehead atoms. The molecule has 1 aromatic carbocycles. The van der Waals surface area contributed by atoms with Crippen molar-refractivity contribution in [3.05, 3.63) is 35.5 Å². The van der Waals surface area contributed by atoms with E-state index in [9.17, 15) is 4.79 Å². The third-order valence-electron chi connectivity index (χ3n) is 6.56. The summed E-state index contributed by atoms with van der Waals surface area (Å²) in [5.74, 6) is 1.47. The van der Waals surface area contributed by atoms with Gasteiger partial charge in [-0.2, -0.15) is 5.10 Å². The minimum Gasteiger partial charge on any atom is -0.493 e. The van der Waals surface area contributed by atoms with Gasteiger partial charge in [-0.3, -0.25) is 9.89 Å². The molecule has 6 nitrogen and oxygen atoms in total. The van der Waals surface area contributed by atoms with Crippen LogP contribution in [0, 0.1) is 5.92 Å². The molecule has 0 saturated carbocycles. The number of benzene rings is 1. The van der Waals surface area contributed by atoms with Crippen molar-refractivity contribution in [2.24, 2.45) is 5.92 Å². The number of ether oxygens (including phenoxy) is 1. The number of carbonyl (C=O) groups excluding carboxylic acids is 1. The first-order valence-electron chi connectivity index (χ1n) is 10.6. The number of nitrogens with zero attached hydrogens (tertiary/aromatic N) is 2.